The molecule has 2 amide bonds. The van der Waals surface area contributed by atoms with Crippen molar-refractivity contribution >= 4 is 11.8 Å². The number of nitrogens with zero attached hydrogens (tertiary/aromatic N) is 1. The van der Waals surface area contributed by atoms with E-state index in [4.69, 9.17) is 10.00 Å². The van der Waals surface area contributed by atoms with Crippen LogP contribution in [0.4, 0.5) is 0 Å². The Balaban J connectivity index is 1.71. The maximum Gasteiger partial charge on any atom is 0.276 e. The van der Waals surface area contributed by atoms with Crippen molar-refractivity contribution in [2.45, 2.75) is 26.7 Å². The molecule has 0 aliphatic rings. The zero-order chi connectivity index (χ0) is 19.6. The van der Waals surface area contributed by atoms with Crippen LogP contribution < -0.4 is 15.6 Å². The average molecular weight is 365 g/mol. The molecule has 0 saturated carbocycles. The molecule has 6 nitrogen and oxygen atoms in total. The van der Waals surface area contributed by atoms with Gasteiger partial charge in [-0.05, 0) is 47.7 Å². The highest BCUT2D eigenvalue weighted by Gasteiger charge is 2.07. The van der Waals surface area contributed by atoms with Gasteiger partial charge in [0.2, 0.25) is 5.91 Å². The average Bonchev–Trinajstić information content (AvgIpc) is 2.66. The molecule has 0 radical (unpaired) electrons. The van der Waals surface area contributed by atoms with Gasteiger partial charge in [-0.15, -0.1) is 0 Å². The van der Waals surface area contributed by atoms with Gasteiger partial charge in [-0.3, -0.25) is 20.4 Å². The third kappa shape index (κ3) is 7.20. The number of nitriles is 1. The monoisotopic (exact) mass is 365 g/mol. The van der Waals surface area contributed by atoms with Gasteiger partial charge in [-0.2, -0.15) is 5.26 Å². The van der Waals surface area contributed by atoms with E-state index in [0.717, 1.165) is 12.0 Å². The first kappa shape index (κ1) is 20.0. The number of hydrogen-bond donors (Lipinski definition) is 2. The first-order valence-corrected chi connectivity index (χ1v) is 8.74. The van der Waals surface area contributed by atoms with Crippen LogP contribution in [0.5, 0.6) is 5.75 Å². The zero-order valence-electron chi connectivity index (χ0n) is 15.5. The molecule has 2 rings (SSSR count). The standard InChI is InChI=1S/C21H23N3O3/c1-15(2)11-16-3-5-17(6-4-16)12-20(25)23-24-21(26)14-27-19-9-7-18(13-22)8-10-19/h3-10,15H,11-12,14H2,1-2H3,(H,23,25)(H,24,26). The SMILES string of the molecule is CC(C)Cc1ccc(CC(=O)NNC(=O)COc2ccc(C#N)cc2)cc1. The Hall–Kier alpha value is -3.33. The quantitative estimate of drug-likeness (QED) is 0.738. The summed E-state index contributed by atoms with van der Waals surface area (Å²) in [6.45, 7) is 4.08. The predicted octanol–water partition coefficient (Wildman–Crippen LogP) is 2.53. The Kier molecular flexibility index (Phi) is 7.38. The van der Waals surface area contributed by atoms with Crippen molar-refractivity contribution in [1.29, 1.82) is 5.26 Å². The van der Waals surface area contributed by atoms with E-state index in [1.807, 2.05) is 30.3 Å². The largest absolute Gasteiger partial charge is 0.484 e. The Labute approximate surface area is 159 Å². The van der Waals surface area contributed by atoms with Gasteiger partial charge in [-0.1, -0.05) is 38.1 Å². The molecule has 0 bridgehead atoms. The predicted molar refractivity (Wildman–Crippen MR) is 102 cm³/mol. The fraction of sp³-hybridized carbons (Fsp3) is 0.286. The van der Waals surface area contributed by atoms with E-state index in [1.54, 1.807) is 24.3 Å². The summed E-state index contributed by atoms with van der Waals surface area (Å²) in [6.07, 6.45) is 1.18. The summed E-state index contributed by atoms with van der Waals surface area (Å²) in [5.41, 5.74) is 7.31. The number of rotatable bonds is 7. The topological polar surface area (TPSA) is 91.2 Å². The summed E-state index contributed by atoms with van der Waals surface area (Å²) in [7, 11) is 0. The fourth-order valence-electron chi connectivity index (χ4n) is 2.44. The molecule has 140 valence electrons. The summed E-state index contributed by atoms with van der Waals surface area (Å²) >= 11 is 0. The molecule has 0 fully saturated rings. The summed E-state index contributed by atoms with van der Waals surface area (Å²) in [4.78, 5) is 23.7. The van der Waals surface area contributed by atoms with Gasteiger partial charge in [0.1, 0.15) is 5.75 Å². The number of ether oxygens (including phenoxy) is 1. The Morgan fingerprint density at radius 1 is 0.963 bits per heavy atom. The molecule has 0 aliphatic carbocycles. The maximum absolute atomic E-state index is 11.9. The van der Waals surface area contributed by atoms with Crippen LogP contribution in [0.1, 0.15) is 30.5 Å². The first-order chi connectivity index (χ1) is 13.0. The van der Waals surface area contributed by atoms with Crippen LogP contribution in [0.15, 0.2) is 48.5 Å². The minimum Gasteiger partial charge on any atom is -0.484 e. The maximum atomic E-state index is 11.9. The summed E-state index contributed by atoms with van der Waals surface area (Å²) < 4.78 is 5.29. The van der Waals surface area contributed by atoms with E-state index in [-0.39, 0.29) is 18.9 Å². The minimum atomic E-state index is -0.472. The highest BCUT2D eigenvalue weighted by Crippen LogP contribution is 2.11. The van der Waals surface area contributed by atoms with Crippen molar-refractivity contribution in [3.63, 3.8) is 0 Å². The van der Waals surface area contributed by atoms with Crippen molar-refractivity contribution in [2.24, 2.45) is 5.92 Å². The Morgan fingerprint density at radius 3 is 2.15 bits per heavy atom. The molecule has 27 heavy (non-hydrogen) atoms. The molecule has 0 aromatic heterocycles. The van der Waals surface area contributed by atoms with Crippen molar-refractivity contribution < 1.29 is 14.3 Å². The van der Waals surface area contributed by atoms with Crippen molar-refractivity contribution in [1.82, 2.24) is 10.9 Å². The van der Waals surface area contributed by atoms with Gasteiger partial charge in [0, 0.05) is 0 Å². The second-order valence-corrected chi connectivity index (χ2v) is 6.61. The van der Waals surface area contributed by atoms with Gasteiger partial charge >= 0.3 is 0 Å². The van der Waals surface area contributed by atoms with E-state index in [9.17, 15) is 9.59 Å². The van der Waals surface area contributed by atoms with Gasteiger partial charge in [0.25, 0.3) is 5.91 Å². The summed E-state index contributed by atoms with van der Waals surface area (Å²) in [5.74, 6) is 0.274. The molecule has 2 aromatic rings. The Bertz CT molecular complexity index is 806. The molecule has 0 aliphatic heterocycles. The van der Waals surface area contributed by atoms with Crippen LogP contribution in [0.25, 0.3) is 0 Å². The van der Waals surface area contributed by atoms with Gasteiger partial charge < -0.3 is 4.74 Å². The first-order valence-electron chi connectivity index (χ1n) is 8.74. The molecular weight excluding hydrogens is 342 g/mol. The number of carbonyl (C=O) groups excluding carboxylic acids is 2. The lowest BCUT2D eigenvalue weighted by Crippen LogP contribution is -2.44. The lowest BCUT2D eigenvalue weighted by atomic mass is 10.0. The van der Waals surface area contributed by atoms with Crippen molar-refractivity contribution in [3.8, 4) is 11.8 Å². The highest BCUT2D eigenvalue weighted by atomic mass is 16.5. The van der Waals surface area contributed by atoms with Crippen molar-refractivity contribution in [2.75, 3.05) is 6.61 Å². The van der Waals surface area contributed by atoms with Crippen LogP contribution in [0.2, 0.25) is 0 Å². The molecule has 0 spiro atoms. The lowest BCUT2D eigenvalue weighted by molar-refractivity contribution is -0.129. The second-order valence-electron chi connectivity index (χ2n) is 6.61. The normalized spacial score (nSPS) is 10.1. The third-order valence-electron chi connectivity index (χ3n) is 3.73. The number of nitrogens with one attached hydrogen (secondary N) is 2. The minimum absolute atomic E-state index is 0.179. The molecule has 6 heteroatoms. The molecular formula is C21H23N3O3. The smallest absolute Gasteiger partial charge is 0.276 e. The third-order valence-corrected chi connectivity index (χ3v) is 3.73. The zero-order valence-corrected chi connectivity index (χ0v) is 15.5. The van der Waals surface area contributed by atoms with E-state index >= 15 is 0 Å². The van der Waals surface area contributed by atoms with Crippen LogP contribution in [0.3, 0.4) is 0 Å². The summed E-state index contributed by atoms with van der Waals surface area (Å²) in [5, 5.41) is 8.73. The highest BCUT2D eigenvalue weighted by molar-refractivity contribution is 5.83. The van der Waals surface area contributed by atoms with E-state index in [2.05, 4.69) is 24.7 Å². The molecule has 0 heterocycles. The van der Waals surface area contributed by atoms with Gasteiger partial charge in [0.15, 0.2) is 6.61 Å². The molecule has 0 unspecified atom stereocenters. The molecule has 0 saturated heterocycles. The second kappa shape index (κ2) is 9.97. The molecule has 2 N–H and O–H groups in total. The number of amides is 2. The number of hydrazine groups is 1. The lowest BCUT2D eigenvalue weighted by Gasteiger charge is -2.09. The Morgan fingerprint density at radius 2 is 1.56 bits per heavy atom. The van der Waals surface area contributed by atoms with E-state index in [1.165, 1.54) is 5.56 Å². The fourth-order valence-corrected chi connectivity index (χ4v) is 2.44. The summed E-state index contributed by atoms with van der Waals surface area (Å²) in [6, 6.07) is 16.3. The van der Waals surface area contributed by atoms with E-state index in [0.29, 0.717) is 17.2 Å². The molecule has 0 atom stereocenters. The number of carbonyl (C=O) groups is 2. The van der Waals surface area contributed by atoms with Gasteiger partial charge in [0.05, 0.1) is 18.1 Å². The van der Waals surface area contributed by atoms with Crippen LogP contribution in [0, 0.1) is 17.2 Å². The number of benzene rings is 2. The van der Waals surface area contributed by atoms with Crippen LogP contribution >= 0.6 is 0 Å². The number of hydrogen-bond acceptors (Lipinski definition) is 4. The molecule has 2 aromatic carbocycles. The van der Waals surface area contributed by atoms with Gasteiger partial charge in [-0.25, -0.2) is 0 Å². The van der Waals surface area contributed by atoms with E-state index < -0.39 is 5.91 Å². The van der Waals surface area contributed by atoms with Crippen LogP contribution in [-0.2, 0) is 22.4 Å². The van der Waals surface area contributed by atoms with Crippen LogP contribution in [-0.4, -0.2) is 18.4 Å². The van der Waals surface area contributed by atoms with Crippen molar-refractivity contribution in [3.05, 3.63) is 65.2 Å².